The predicted octanol–water partition coefficient (Wildman–Crippen LogP) is 0.315. The minimum absolute atomic E-state index is 1.12. The molecule has 5 rings (SSSR count). The van der Waals surface area contributed by atoms with Crippen LogP contribution in [0.4, 0.5) is 0 Å². The van der Waals surface area contributed by atoms with Crippen LogP contribution in [0.3, 0.4) is 0 Å². The van der Waals surface area contributed by atoms with Crippen molar-refractivity contribution in [1.29, 1.82) is 0 Å². The smallest absolute Gasteiger partial charge is 0.145 e. The van der Waals surface area contributed by atoms with Gasteiger partial charge >= 0.3 is 0 Å². The van der Waals surface area contributed by atoms with Crippen LogP contribution < -0.4 is 0 Å². The Hall–Kier alpha value is 1.06. The van der Waals surface area contributed by atoms with Gasteiger partial charge < -0.3 is 0 Å². The van der Waals surface area contributed by atoms with Crippen LogP contribution in [0, 0.1) is 0 Å². The fraction of sp³-hybridized carbons (Fsp3) is 1.00. The van der Waals surface area contributed by atoms with Crippen LogP contribution >= 0.6 is 13.0 Å². The molecule has 0 amide bonds. The van der Waals surface area contributed by atoms with Crippen LogP contribution in [0.1, 0.15) is 0 Å². The summed E-state index contributed by atoms with van der Waals surface area (Å²) in [7, 11) is 0. The Morgan fingerprint density at radius 2 is 0.500 bits per heavy atom. The summed E-state index contributed by atoms with van der Waals surface area (Å²) in [5, 5.41) is 0. The van der Waals surface area contributed by atoms with Crippen LogP contribution in [-0.2, 0) is 23.6 Å². The van der Waals surface area contributed by atoms with Crippen molar-refractivity contribution in [2.75, 3.05) is 78.5 Å². The molecule has 22 heavy (non-hydrogen) atoms. The maximum absolute atomic E-state index is 6.19. The van der Waals surface area contributed by atoms with E-state index in [0.717, 1.165) is 26.2 Å². The molecule has 10 heteroatoms. The molecule has 0 atom stereocenters. The van der Waals surface area contributed by atoms with E-state index in [2.05, 4.69) is 28.0 Å². The third-order valence-corrected chi connectivity index (χ3v) is 16.1. The molecular weight excluding hydrogens is 354 g/mol. The van der Waals surface area contributed by atoms with Crippen LogP contribution in [0.5, 0.6) is 0 Å². The molecule has 0 aromatic rings. The Morgan fingerprint density at radius 1 is 0.364 bits per heavy atom. The zero-order valence-corrected chi connectivity index (χ0v) is 16.3. The van der Waals surface area contributed by atoms with E-state index >= 15 is 0 Å². The second-order valence-electron chi connectivity index (χ2n) is 6.75. The standard InChI is InChI=1S/C12H24N6P2S2/c21-19(15-5-6-15,16-7-8-16)13-1-2-14(4-3-13)20(22,17-9-10-17)18-11-12-18/h1-12H2. The zero-order valence-electron chi connectivity index (χ0n) is 12.9. The predicted molar refractivity (Wildman–Crippen MR) is 98.0 cm³/mol. The van der Waals surface area contributed by atoms with Gasteiger partial charge in [-0.2, -0.15) is 0 Å². The minimum atomic E-state index is -1.55. The van der Waals surface area contributed by atoms with Crippen molar-refractivity contribution in [3.8, 4) is 0 Å². The van der Waals surface area contributed by atoms with Crippen molar-refractivity contribution in [1.82, 2.24) is 28.0 Å². The lowest BCUT2D eigenvalue weighted by Gasteiger charge is -2.46. The molecule has 6 nitrogen and oxygen atoms in total. The summed E-state index contributed by atoms with van der Waals surface area (Å²) in [5.41, 5.74) is 0. The maximum Gasteiger partial charge on any atom is 0.145 e. The van der Waals surface area contributed by atoms with Gasteiger partial charge in [0, 0.05) is 78.5 Å². The van der Waals surface area contributed by atoms with Gasteiger partial charge in [-0.05, 0) is 23.6 Å². The highest BCUT2D eigenvalue weighted by molar-refractivity contribution is 8.11. The molecular formula is C12H24N6P2S2. The van der Waals surface area contributed by atoms with Gasteiger partial charge in [-0.1, -0.05) is 0 Å². The fourth-order valence-electron chi connectivity index (χ4n) is 3.50. The van der Waals surface area contributed by atoms with Crippen LogP contribution in [-0.4, -0.2) is 107 Å². The van der Waals surface area contributed by atoms with Crippen molar-refractivity contribution in [2.24, 2.45) is 0 Å². The second kappa shape index (κ2) is 5.28. The van der Waals surface area contributed by atoms with Gasteiger partial charge in [0.1, 0.15) is 13.0 Å². The highest BCUT2D eigenvalue weighted by Crippen LogP contribution is 2.66. The van der Waals surface area contributed by atoms with E-state index in [1.54, 1.807) is 0 Å². The third kappa shape index (κ3) is 2.43. The van der Waals surface area contributed by atoms with E-state index in [1.807, 2.05) is 0 Å². The summed E-state index contributed by atoms with van der Waals surface area (Å²) < 4.78 is 15.5. The summed E-state index contributed by atoms with van der Waals surface area (Å²) in [6.45, 7) is 11.1. The highest BCUT2D eigenvalue weighted by Gasteiger charge is 2.51. The summed E-state index contributed by atoms with van der Waals surface area (Å²) in [6.07, 6.45) is 0. The van der Waals surface area contributed by atoms with Crippen molar-refractivity contribution >= 4 is 36.6 Å². The van der Waals surface area contributed by atoms with Crippen molar-refractivity contribution in [3.63, 3.8) is 0 Å². The van der Waals surface area contributed by atoms with Gasteiger partial charge in [0.15, 0.2) is 0 Å². The molecule has 124 valence electrons. The molecule has 0 aliphatic carbocycles. The molecule has 0 spiro atoms. The zero-order chi connectivity index (χ0) is 14.9. The summed E-state index contributed by atoms with van der Waals surface area (Å²) in [5.74, 6) is 0. The first kappa shape index (κ1) is 15.3. The fourth-order valence-corrected chi connectivity index (χ4v) is 12.4. The SMILES string of the molecule is S=P(N1CC1)(N1CC1)N1CCN(P(=S)(N2CC2)N2CC2)CC1. The Labute approximate surface area is 143 Å². The van der Waals surface area contributed by atoms with E-state index in [0.29, 0.717) is 0 Å². The van der Waals surface area contributed by atoms with Crippen LogP contribution in [0.25, 0.3) is 0 Å². The van der Waals surface area contributed by atoms with E-state index in [4.69, 9.17) is 23.6 Å². The third-order valence-electron chi connectivity index (χ3n) is 5.14. The first-order chi connectivity index (χ1) is 10.6. The van der Waals surface area contributed by atoms with Crippen molar-refractivity contribution in [3.05, 3.63) is 0 Å². The Bertz CT molecular complexity index is 482. The number of hydrogen-bond donors (Lipinski definition) is 0. The quantitative estimate of drug-likeness (QED) is 0.480. The van der Waals surface area contributed by atoms with Gasteiger partial charge in [-0.15, -0.1) is 0 Å². The van der Waals surface area contributed by atoms with Gasteiger partial charge in [0.25, 0.3) is 0 Å². The average Bonchev–Trinajstić information content (AvgIpc) is 3.45. The molecule has 5 fully saturated rings. The second-order valence-corrected chi connectivity index (χ2v) is 15.1. The Balaban J connectivity index is 1.30. The lowest BCUT2D eigenvalue weighted by molar-refractivity contribution is 0.272. The van der Waals surface area contributed by atoms with Crippen molar-refractivity contribution < 1.29 is 0 Å². The van der Waals surface area contributed by atoms with E-state index in [9.17, 15) is 0 Å². The largest absolute Gasteiger partial charge is 0.249 e. The highest BCUT2D eigenvalue weighted by atomic mass is 32.5. The lowest BCUT2D eigenvalue weighted by Crippen LogP contribution is -2.46. The molecule has 5 aliphatic rings. The van der Waals surface area contributed by atoms with Crippen molar-refractivity contribution in [2.45, 2.75) is 0 Å². The molecule has 0 saturated carbocycles. The number of rotatable bonds is 6. The summed E-state index contributed by atoms with van der Waals surface area (Å²) in [4.78, 5) is 0. The lowest BCUT2D eigenvalue weighted by atomic mass is 10.4. The molecule has 0 aromatic carbocycles. The van der Waals surface area contributed by atoms with E-state index < -0.39 is 13.0 Å². The molecule has 0 radical (unpaired) electrons. The monoisotopic (exact) mass is 378 g/mol. The number of piperazine rings is 1. The Kier molecular flexibility index (Phi) is 3.68. The summed E-state index contributed by atoms with van der Waals surface area (Å²) in [6, 6.07) is 0. The molecule has 5 saturated heterocycles. The number of hydrogen-bond acceptors (Lipinski definition) is 2. The molecule has 0 bridgehead atoms. The van der Waals surface area contributed by atoms with Crippen LogP contribution in [0.2, 0.25) is 0 Å². The summed E-state index contributed by atoms with van der Waals surface area (Å²) >= 11 is 12.4. The molecule has 0 unspecified atom stereocenters. The first-order valence-corrected chi connectivity index (χ1v) is 13.7. The molecule has 0 aromatic heterocycles. The van der Waals surface area contributed by atoms with Gasteiger partial charge in [-0.3, -0.25) is 0 Å². The van der Waals surface area contributed by atoms with Crippen LogP contribution in [0.15, 0.2) is 0 Å². The van der Waals surface area contributed by atoms with E-state index in [-0.39, 0.29) is 0 Å². The maximum atomic E-state index is 6.19. The van der Waals surface area contributed by atoms with Gasteiger partial charge in [0.2, 0.25) is 0 Å². The first-order valence-electron chi connectivity index (χ1n) is 8.36. The Morgan fingerprint density at radius 3 is 0.636 bits per heavy atom. The minimum Gasteiger partial charge on any atom is -0.249 e. The molecule has 5 aliphatic heterocycles. The van der Waals surface area contributed by atoms with Gasteiger partial charge in [-0.25, -0.2) is 28.0 Å². The molecule has 0 N–H and O–H groups in total. The number of nitrogens with zero attached hydrogens (tertiary/aromatic N) is 6. The normalized spacial score (nSPS) is 32.4. The topological polar surface area (TPSA) is 18.5 Å². The average molecular weight is 378 g/mol. The van der Waals surface area contributed by atoms with E-state index in [1.165, 1.54) is 52.4 Å². The van der Waals surface area contributed by atoms with Gasteiger partial charge in [0.05, 0.1) is 0 Å². The molecule has 5 heterocycles.